The fourth-order valence-corrected chi connectivity index (χ4v) is 2.20. The first kappa shape index (κ1) is 12.7. The van der Waals surface area contributed by atoms with E-state index in [1.807, 2.05) is 19.4 Å². The topological polar surface area (TPSA) is 71.8 Å². The average molecular weight is 265 g/mol. The fourth-order valence-electron chi connectivity index (χ4n) is 1.40. The van der Waals surface area contributed by atoms with Gasteiger partial charge in [0.25, 0.3) is 5.91 Å². The second-order valence-electron chi connectivity index (χ2n) is 3.94. The number of nitrogens with one attached hydrogen (secondary N) is 2. The first-order valence-corrected chi connectivity index (χ1v) is 6.41. The van der Waals surface area contributed by atoms with Crippen molar-refractivity contribution in [2.45, 2.75) is 13.0 Å². The summed E-state index contributed by atoms with van der Waals surface area (Å²) in [5.41, 5.74) is 1.44. The zero-order valence-electron chi connectivity index (χ0n) is 10.5. The molecule has 18 heavy (non-hydrogen) atoms. The maximum Gasteiger partial charge on any atom is 0.260 e. The Bertz CT molecular complexity index is 547. The number of nitrogens with zero attached hydrogens (tertiary/aromatic N) is 3. The number of hydrogen-bond donors (Lipinski definition) is 2. The van der Waals surface area contributed by atoms with Crippen LogP contribution < -0.4 is 10.6 Å². The lowest BCUT2D eigenvalue weighted by atomic mass is 10.3. The standard InChI is InChI=1S/C11H15N5OS/c1-7(12-2)9-6-18-11(14-9)15-10(17)8-4-13-16(3)5-8/h4-7,12H,1-3H3,(H,14,15,17). The molecular weight excluding hydrogens is 250 g/mol. The first-order valence-electron chi connectivity index (χ1n) is 5.53. The van der Waals surface area contributed by atoms with Crippen LogP contribution in [0.5, 0.6) is 0 Å². The molecule has 0 fully saturated rings. The third kappa shape index (κ3) is 2.74. The molecule has 0 bridgehead atoms. The van der Waals surface area contributed by atoms with Crippen molar-refractivity contribution in [1.29, 1.82) is 0 Å². The molecule has 0 saturated heterocycles. The molecule has 2 N–H and O–H groups in total. The Kier molecular flexibility index (Phi) is 3.73. The van der Waals surface area contributed by atoms with Crippen molar-refractivity contribution in [1.82, 2.24) is 20.1 Å². The van der Waals surface area contributed by atoms with Gasteiger partial charge in [0, 0.05) is 24.7 Å². The molecule has 2 rings (SSSR count). The molecule has 0 saturated carbocycles. The van der Waals surface area contributed by atoms with Gasteiger partial charge < -0.3 is 5.32 Å². The van der Waals surface area contributed by atoms with Crippen LogP contribution in [0, 0.1) is 0 Å². The van der Waals surface area contributed by atoms with Crippen LogP contribution in [0.25, 0.3) is 0 Å². The molecule has 6 nitrogen and oxygen atoms in total. The second-order valence-corrected chi connectivity index (χ2v) is 4.80. The van der Waals surface area contributed by atoms with Gasteiger partial charge in [0.15, 0.2) is 5.13 Å². The molecule has 2 heterocycles. The highest BCUT2D eigenvalue weighted by Gasteiger charge is 2.12. The summed E-state index contributed by atoms with van der Waals surface area (Å²) in [7, 11) is 3.64. The molecule has 0 aliphatic carbocycles. The van der Waals surface area contributed by atoms with Gasteiger partial charge in [-0.15, -0.1) is 11.3 Å². The average Bonchev–Trinajstić information content (AvgIpc) is 2.97. The molecule has 0 radical (unpaired) electrons. The number of hydrogen-bond acceptors (Lipinski definition) is 5. The van der Waals surface area contributed by atoms with Crippen LogP contribution >= 0.6 is 11.3 Å². The molecule has 7 heteroatoms. The molecular formula is C11H15N5OS. The lowest BCUT2D eigenvalue weighted by molar-refractivity contribution is 0.102. The van der Waals surface area contributed by atoms with E-state index in [-0.39, 0.29) is 11.9 Å². The SMILES string of the molecule is CNC(C)c1csc(NC(=O)c2cnn(C)c2)n1. The highest BCUT2D eigenvalue weighted by atomic mass is 32.1. The highest BCUT2D eigenvalue weighted by molar-refractivity contribution is 7.14. The van der Waals surface area contributed by atoms with Crippen LogP contribution in [-0.4, -0.2) is 27.7 Å². The van der Waals surface area contributed by atoms with E-state index in [4.69, 9.17) is 0 Å². The van der Waals surface area contributed by atoms with Gasteiger partial charge in [-0.25, -0.2) is 4.98 Å². The molecule has 0 aliphatic heterocycles. The minimum Gasteiger partial charge on any atom is -0.312 e. The molecule has 0 aromatic carbocycles. The van der Waals surface area contributed by atoms with E-state index in [2.05, 4.69) is 20.7 Å². The third-order valence-corrected chi connectivity index (χ3v) is 3.36. The Morgan fingerprint density at radius 1 is 1.56 bits per heavy atom. The molecule has 1 atom stereocenters. The van der Waals surface area contributed by atoms with Gasteiger partial charge >= 0.3 is 0 Å². The fraction of sp³-hybridized carbons (Fsp3) is 0.364. The smallest absolute Gasteiger partial charge is 0.260 e. The predicted molar refractivity (Wildman–Crippen MR) is 70.7 cm³/mol. The Morgan fingerprint density at radius 2 is 2.33 bits per heavy atom. The van der Waals surface area contributed by atoms with Crippen molar-refractivity contribution < 1.29 is 4.79 Å². The van der Waals surface area contributed by atoms with Gasteiger partial charge in [0.1, 0.15) is 0 Å². The van der Waals surface area contributed by atoms with Crippen LogP contribution in [0.3, 0.4) is 0 Å². The molecule has 96 valence electrons. The van der Waals surface area contributed by atoms with Crippen molar-refractivity contribution in [3.05, 3.63) is 29.0 Å². The number of rotatable bonds is 4. The maximum absolute atomic E-state index is 11.9. The summed E-state index contributed by atoms with van der Waals surface area (Å²) in [5, 5.41) is 12.3. The third-order valence-electron chi connectivity index (χ3n) is 2.59. The van der Waals surface area contributed by atoms with Crippen LogP contribution in [0.15, 0.2) is 17.8 Å². The minimum absolute atomic E-state index is 0.172. The molecule has 2 aromatic rings. The Morgan fingerprint density at radius 3 is 2.94 bits per heavy atom. The monoisotopic (exact) mass is 265 g/mol. The number of carbonyl (C=O) groups is 1. The summed E-state index contributed by atoms with van der Waals surface area (Å²) < 4.78 is 1.59. The van der Waals surface area contributed by atoms with Crippen molar-refractivity contribution >= 4 is 22.4 Å². The summed E-state index contributed by atoms with van der Waals surface area (Å²) in [6.07, 6.45) is 3.19. The lowest BCUT2D eigenvalue weighted by Gasteiger charge is -2.04. The number of thiazole rings is 1. The summed E-state index contributed by atoms with van der Waals surface area (Å²) >= 11 is 1.41. The van der Waals surface area contributed by atoms with E-state index in [1.54, 1.807) is 17.9 Å². The largest absolute Gasteiger partial charge is 0.312 e. The van der Waals surface area contributed by atoms with Crippen molar-refractivity contribution in [3.63, 3.8) is 0 Å². The molecule has 1 unspecified atom stereocenters. The van der Waals surface area contributed by atoms with Gasteiger partial charge in [-0.2, -0.15) is 5.10 Å². The van der Waals surface area contributed by atoms with E-state index in [1.165, 1.54) is 17.5 Å². The quantitative estimate of drug-likeness (QED) is 0.876. The van der Waals surface area contributed by atoms with E-state index in [9.17, 15) is 4.79 Å². The van der Waals surface area contributed by atoms with Crippen molar-refractivity contribution in [3.8, 4) is 0 Å². The lowest BCUT2D eigenvalue weighted by Crippen LogP contribution is -2.14. The molecule has 0 aliphatic rings. The maximum atomic E-state index is 11.9. The van der Waals surface area contributed by atoms with Gasteiger partial charge in [-0.1, -0.05) is 0 Å². The molecule has 2 aromatic heterocycles. The van der Waals surface area contributed by atoms with Crippen LogP contribution in [0.4, 0.5) is 5.13 Å². The second kappa shape index (κ2) is 5.28. The van der Waals surface area contributed by atoms with Gasteiger partial charge in [-0.05, 0) is 14.0 Å². The van der Waals surface area contributed by atoms with E-state index in [0.717, 1.165) is 5.69 Å². The van der Waals surface area contributed by atoms with E-state index < -0.39 is 0 Å². The zero-order valence-corrected chi connectivity index (χ0v) is 11.3. The summed E-state index contributed by atoms with van der Waals surface area (Å²) in [4.78, 5) is 16.2. The first-order chi connectivity index (χ1) is 8.60. The Hall–Kier alpha value is -1.73. The van der Waals surface area contributed by atoms with Crippen LogP contribution in [0.1, 0.15) is 29.0 Å². The van der Waals surface area contributed by atoms with Crippen LogP contribution in [0.2, 0.25) is 0 Å². The zero-order chi connectivity index (χ0) is 13.1. The Balaban J connectivity index is 2.05. The van der Waals surface area contributed by atoms with E-state index >= 15 is 0 Å². The van der Waals surface area contributed by atoms with E-state index in [0.29, 0.717) is 10.7 Å². The van der Waals surface area contributed by atoms with Crippen LogP contribution in [-0.2, 0) is 7.05 Å². The summed E-state index contributed by atoms with van der Waals surface area (Å²) in [5.74, 6) is -0.193. The van der Waals surface area contributed by atoms with Crippen molar-refractivity contribution in [2.75, 3.05) is 12.4 Å². The predicted octanol–water partition coefficient (Wildman–Crippen LogP) is 1.41. The minimum atomic E-state index is -0.193. The molecule has 1 amide bonds. The number of anilines is 1. The number of amides is 1. The summed E-state index contributed by atoms with van der Waals surface area (Å²) in [6, 6.07) is 0.172. The van der Waals surface area contributed by atoms with Gasteiger partial charge in [-0.3, -0.25) is 14.8 Å². The normalized spacial score (nSPS) is 12.4. The number of aromatic nitrogens is 3. The highest BCUT2D eigenvalue weighted by Crippen LogP contribution is 2.20. The summed E-state index contributed by atoms with van der Waals surface area (Å²) in [6.45, 7) is 2.02. The Labute approximate surface area is 109 Å². The number of carbonyl (C=O) groups excluding carboxylic acids is 1. The van der Waals surface area contributed by atoms with Crippen molar-refractivity contribution in [2.24, 2.45) is 7.05 Å². The molecule has 0 spiro atoms. The number of aryl methyl sites for hydroxylation is 1. The van der Waals surface area contributed by atoms with Gasteiger partial charge in [0.2, 0.25) is 0 Å². The van der Waals surface area contributed by atoms with Gasteiger partial charge in [0.05, 0.1) is 17.5 Å².